The predicted molar refractivity (Wildman–Crippen MR) is 39.4 cm³/mol. The lowest BCUT2D eigenvalue weighted by Crippen LogP contribution is -2.07. The van der Waals surface area contributed by atoms with Crippen LogP contribution in [0, 0.1) is 0 Å². The number of rotatable bonds is 0. The lowest BCUT2D eigenvalue weighted by atomic mass is 10.2. The van der Waals surface area contributed by atoms with Crippen molar-refractivity contribution >= 4 is 0 Å². The van der Waals surface area contributed by atoms with E-state index in [1.54, 1.807) is 0 Å². The van der Waals surface area contributed by atoms with Crippen molar-refractivity contribution in [2.24, 2.45) is 0 Å². The summed E-state index contributed by atoms with van der Waals surface area (Å²) in [4.78, 5) is 6.53. The second-order valence-corrected chi connectivity index (χ2v) is 2.78. The molecule has 0 spiro atoms. The van der Waals surface area contributed by atoms with Gasteiger partial charge in [-0.05, 0) is 18.7 Å². The first-order chi connectivity index (χ1) is 4.86. The lowest BCUT2D eigenvalue weighted by Gasteiger charge is -2.01. The maximum atomic E-state index is 4.27. The summed E-state index contributed by atoms with van der Waals surface area (Å²) in [5, 5.41) is 0. The molecule has 0 atom stereocenters. The van der Waals surface area contributed by atoms with Crippen LogP contribution in [0.2, 0.25) is 0 Å². The van der Waals surface area contributed by atoms with Crippen LogP contribution in [0.1, 0.15) is 11.3 Å². The molecular formula is C8H10N2. The van der Waals surface area contributed by atoms with Gasteiger partial charge in [0, 0.05) is 19.3 Å². The zero-order valence-electron chi connectivity index (χ0n) is 6.04. The Hall–Kier alpha value is -0.890. The van der Waals surface area contributed by atoms with Gasteiger partial charge in [-0.1, -0.05) is 6.07 Å². The van der Waals surface area contributed by atoms with Crippen molar-refractivity contribution < 1.29 is 0 Å². The minimum atomic E-state index is 1.01. The lowest BCUT2D eigenvalue weighted by molar-refractivity contribution is 0.351. The van der Waals surface area contributed by atoms with E-state index in [0.29, 0.717) is 0 Å². The van der Waals surface area contributed by atoms with Gasteiger partial charge in [-0.2, -0.15) is 0 Å². The Balaban J connectivity index is 2.42. The molecular weight excluding hydrogens is 124 g/mol. The van der Waals surface area contributed by atoms with E-state index < -0.39 is 0 Å². The van der Waals surface area contributed by atoms with Gasteiger partial charge in [0.1, 0.15) is 0 Å². The summed E-state index contributed by atoms with van der Waals surface area (Å²) in [5.74, 6) is 0. The van der Waals surface area contributed by atoms with Crippen molar-refractivity contribution in [2.75, 3.05) is 7.05 Å². The summed E-state index contributed by atoms with van der Waals surface area (Å²) in [6.07, 6.45) is 1.86. The number of pyridine rings is 1. The maximum Gasteiger partial charge on any atom is 0.0588 e. The molecule has 2 heterocycles. The highest BCUT2D eigenvalue weighted by molar-refractivity contribution is 5.22. The molecule has 1 aromatic heterocycles. The molecule has 10 heavy (non-hydrogen) atoms. The van der Waals surface area contributed by atoms with Crippen LogP contribution >= 0.6 is 0 Å². The number of fused-ring (bicyclic) bond motifs is 1. The molecule has 0 saturated carbocycles. The van der Waals surface area contributed by atoms with Gasteiger partial charge >= 0.3 is 0 Å². The summed E-state index contributed by atoms with van der Waals surface area (Å²) >= 11 is 0. The normalized spacial score (nSPS) is 17.3. The molecule has 52 valence electrons. The quantitative estimate of drug-likeness (QED) is 0.526. The fourth-order valence-electron chi connectivity index (χ4n) is 1.36. The summed E-state index contributed by atoms with van der Waals surface area (Å²) in [5.41, 5.74) is 2.62. The first-order valence-electron chi connectivity index (χ1n) is 3.47. The molecule has 2 nitrogen and oxygen atoms in total. The Bertz CT molecular complexity index is 220. The van der Waals surface area contributed by atoms with Gasteiger partial charge in [0.15, 0.2) is 0 Å². The molecule has 0 unspecified atom stereocenters. The van der Waals surface area contributed by atoms with E-state index in [2.05, 4.69) is 23.0 Å². The van der Waals surface area contributed by atoms with E-state index >= 15 is 0 Å². The van der Waals surface area contributed by atoms with Gasteiger partial charge < -0.3 is 0 Å². The highest BCUT2D eigenvalue weighted by Crippen LogP contribution is 2.17. The Morgan fingerprint density at radius 1 is 1.50 bits per heavy atom. The first-order valence-corrected chi connectivity index (χ1v) is 3.47. The summed E-state index contributed by atoms with van der Waals surface area (Å²) in [6.45, 7) is 2.07. The van der Waals surface area contributed by atoms with Crippen LogP contribution in [0.15, 0.2) is 18.3 Å². The molecule has 0 fully saturated rings. The second kappa shape index (κ2) is 2.06. The Kier molecular flexibility index (Phi) is 1.21. The van der Waals surface area contributed by atoms with E-state index in [9.17, 15) is 0 Å². The molecule has 0 N–H and O–H groups in total. The third-order valence-electron chi connectivity index (χ3n) is 1.84. The van der Waals surface area contributed by atoms with Crippen molar-refractivity contribution in [3.8, 4) is 0 Å². The minimum Gasteiger partial charge on any atom is -0.296 e. The summed E-state index contributed by atoms with van der Waals surface area (Å²) < 4.78 is 0. The zero-order valence-corrected chi connectivity index (χ0v) is 6.04. The monoisotopic (exact) mass is 134 g/mol. The van der Waals surface area contributed by atoms with Crippen LogP contribution in [0.3, 0.4) is 0 Å². The van der Waals surface area contributed by atoms with Crippen molar-refractivity contribution in [1.82, 2.24) is 9.88 Å². The molecule has 1 aliphatic rings. The van der Waals surface area contributed by atoms with Crippen LogP contribution in [-0.4, -0.2) is 16.9 Å². The van der Waals surface area contributed by atoms with E-state index in [0.717, 1.165) is 13.1 Å². The SMILES string of the molecule is CN1Cc2cccnc2C1. The summed E-state index contributed by atoms with van der Waals surface area (Å²) in [7, 11) is 2.11. The third kappa shape index (κ3) is 0.809. The molecule has 0 aliphatic carbocycles. The van der Waals surface area contributed by atoms with Gasteiger partial charge in [0.2, 0.25) is 0 Å². The van der Waals surface area contributed by atoms with Crippen LogP contribution in [0.4, 0.5) is 0 Å². The average Bonchev–Trinajstić information content (AvgIpc) is 2.27. The van der Waals surface area contributed by atoms with Gasteiger partial charge in [-0.25, -0.2) is 0 Å². The van der Waals surface area contributed by atoms with E-state index in [1.807, 2.05) is 12.3 Å². The molecule has 1 aliphatic heterocycles. The molecule has 0 radical (unpaired) electrons. The van der Waals surface area contributed by atoms with E-state index in [-0.39, 0.29) is 0 Å². The largest absolute Gasteiger partial charge is 0.296 e. The third-order valence-corrected chi connectivity index (χ3v) is 1.84. The zero-order chi connectivity index (χ0) is 6.97. The molecule has 0 saturated heterocycles. The van der Waals surface area contributed by atoms with Crippen molar-refractivity contribution in [3.05, 3.63) is 29.6 Å². The molecule has 0 amide bonds. The fourth-order valence-corrected chi connectivity index (χ4v) is 1.36. The molecule has 1 aromatic rings. The fraction of sp³-hybridized carbons (Fsp3) is 0.375. The van der Waals surface area contributed by atoms with Gasteiger partial charge in [0.25, 0.3) is 0 Å². The number of aromatic nitrogens is 1. The topological polar surface area (TPSA) is 16.1 Å². The summed E-state index contributed by atoms with van der Waals surface area (Å²) in [6, 6.07) is 4.14. The van der Waals surface area contributed by atoms with Crippen LogP contribution in [0.25, 0.3) is 0 Å². The number of hydrogen-bond donors (Lipinski definition) is 0. The van der Waals surface area contributed by atoms with Crippen molar-refractivity contribution in [3.63, 3.8) is 0 Å². The molecule has 2 heteroatoms. The van der Waals surface area contributed by atoms with Crippen LogP contribution in [-0.2, 0) is 13.1 Å². The predicted octanol–water partition coefficient (Wildman–Crippen LogP) is 1.03. The van der Waals surface area contributed by atoms with Crippen LogP contribution < -0.4 is 0 Å². The number of nitrogens with zero attached hydrogens (tertiary/aromatic N) is 2. The maximum absolute atomic E-state index is 4.27. The molecule has 2 rings (SSSR count). The van der Waals surface area contributed by atoms with Crippen molar-refractivity contribution in [2.45, 2.75) is 13.1 Å². The Morgan fingerprint density at radius 2 is 2.40 bits per heavy atom. The average molecular weight is 134 g/mol. The van der Waals surface area contributed by atoms with E-state index in [4.69, 9.17) is 0 Å². The smallest absolute Gasteiger partial charge is 0.0588 e. The van der Waals surface area contributed by atoms with Gasteiger partial charge in [-0.15, -0.1) is 0 Å². The van der Waals surface area contributed by atoms with E-state index in [1.165, 1.54) is 11.3 Å². The Morgan fingerprint density at radius 3 is 3.20 bits per heavy atom. The van der Waals surface area contributed by atoms with Crippen molar-refractivity contribution in [1.29, 1.82) is 0 Å². The minimum absolute atomic E-state index is 1.01. The first kappa shape index (κ1) is 5.86. The second-order valence-electron chi connectivity index (χ2n) is 2.78. The Labute approximate surface area is 60.5 Å². The molecule has 0 aromatic carbocycles. The molecule has 0 bridgehead atoms. The highest BCUT2D eigenvalue weighted by Gasteiger charge is 2.14. The van der Waals surface area contributed by atoms with Gasteiger partial charge in [-0.3, -0.25) is 9.88 Å². The van der Waals surface area contributed by atoms with Crippen LogP contribution in [0.5, 0.6) is 0 Å². The highest BCUT2D eigenvalue weighted by atomic mass is 15.1. The number of hydrogen-bond acceptors (Lipinski definition) is 2. The standard InChI is InChI=1S/C8H10N2/c1-10-5-7-3-2-4-9-8(7)6-10/h2-4H,5-6H2,1H3. The van der Waals surface area contributed by atoms with Gasteiger partial charge in [0.05, 0.1) is 5.69 Å².